The van der Waals surface area contributed by atoms with Gasteiger partial charge >= 0.3 is 0 Å². The van der Waals surface area contributed by atoms with Crippen molar-refractivity contribution in [2.75, 3.05) is 7.11 Å². The molecular formula is C22H28N4O4S. The van der Waals surface area contributed by atoms with Crippen LogP contribution in [0.15, 0.2) is 53.3 Å². The molecule has 8 nitrogen and oxygen atoms in total. The zero-order valence-electron chi connectivity index (χ0n) is 18.0. The Balaban J connectivity index is 0.000000884. The molecular weight excluding hydrogens is 416 g/mol. The van der Waals surface area contributed by atoms with E-state index in [4.69, 9.17) is 20.1 Å². The molecule has 0 radical (unpaired) electrons. The SMILES string of the molecule is COc1ccc(C2=NOC(C)(C)C2=O)cc1-c1ccc(/C=C(\C)N)cc1.NC=O.NS. The minimum absolute atomic E-state index is 0.132. The van der Waals surface area contributed by atoms with Gasteiger partial charge in [-0.1, -0.05) is 29.4 Å². The van der Waals surface area contributed by atoms with Crippen molar-refractivity contribution in [1.29, 1.82) is 0 Å². The minimum atomic E-state index is -0.927. The van der Waals surface area contributed by atoms with E-state index in [-0.39, 0.29) is 12.2 Å². The number of ether oxygens (including phenoxy) is 1. The highest BCUT2D eigenvalue weighted by molar-refractivity contribution is 7.77. The van der Waals surface area contributed by atoms with Gasteiger partial charge in [0.25, 0.3) is 0 Å². The maximum absolute atomic E-state index is 12.5. The van der Waals surface area contributed by atoms with Crippen molar-refractivity contribution in [3.8, 4) is 16.9 Å². The fourth-order valence-corrected chi connectivity index (χ4v) is 2.81. The second-order valence-corrected chi connectivity index (χ2v) is 6.93. The zero-order chi connectivity index (χ0) is 23.6. The molecule has 3 rings (SSSR count). The largest absolute Gasteiger partial charge is 0.496 e. The van der Waals surface area contributed by atoms with Crippen molar-refractivity contribution in [1.82, 2.24) is 0 Å². The summed E-state index contributed by atoms with van der Waals surface area (Å²) in [4.78, 5) is 26.3. The fourth-order valence-electron chi connectivity index (χ4n) is 2.81. The van der Waals surface area contributed by atoms with Crippen molar-refractivity contribution in [2.45, 2.75) is 26.4 Å². The van der Waals surface area contributed by atoms with Crippen molar-refractivity contribution in [3.63, 3.8) is 0 Å². The maximum atomic E-state index is 12.5. The molecule has 9 heteroatoms. The standard InChI is InChI=1S/C21H22N2O3.CH3NO.H3NS/c1-13(22)11-14-5-7-15(8-6-14)17-12-16(9-10-18(17)25-4)19-20(24)21(2,3)26-23-19;2-1-3;1-2/h5-12H,22H2,1-4H3;1H,(H2,2,3);2H,1H2/b13-11+;;. The summed E-state index contributed by atoms with van der Waals surface area (Å²) in [5.74, 6) is 0.589. The Morgan fingerprint density at radius 3 is 2.13 bits per heavy atom. The molecule has 166 valence electrons. The predicted octanol–water partition coefficient (Wildman–Crippen LogP) is 2.66. The average Bonchev–Trinajstić information content (AvgIpc) is 3.02. The molecule has 0 unspecified atom stereocenters. The Labute approximate surface area is 187 Å². The lowest BCUT2D eigenvalue weighted by atomic mass is 9.93. The smallest absolute Gasteiger partial charge is 0.230 e. The van der Waals surface area contributed by atoms with Crippen molar-refractivity contribution in [3.05, 3.63) is 59.3 Å². The van der Waals surface area contributed by atoms with E-state index in [9.17, 15) is 4.79 Å². The number of primary amides is 1. The lowest BCUT2D eigenvalue weighted by Gasteiger charge is -2.13. The monoisotopic (exact) mass is 444 g/mol. The van der Waals surface area contributed by atoms with Crippen molar-refractivity contribution >= 4 is 36.8 Å². The quantitative estimate of drug-likeness (QED) is 0.422. The molecule has 0 fully saturated rings. The van der Waals surface area contributed by atoms with Crippen molar-refractivity contribution < 1.29 is 19.2 Å². The van der Waals surface area contributed by atoms with Gasteiger partial charge in [0.15, 0.2) is 11.3 Å². The van der Waals surface area contributed by atoms with Crippen LogP contribution in [-0.2, 0) is 14.4 Å². The van der Waals surface area contributed by atoms with Gasteiger partial charge < -0.3 is 21.0 Å². The molecule has 0 bridgehead atoms. The summed E-state index contributed by atoms with van der Waals surface area (Å²) < 4.78 is 5.49. The molecule has 0 aliphatic carbocycles. The molecule has 2 aromatic rings. The number of carbonyl (C=O) groups excluding carboxylic acids is 2. The van der Waals surface area contributed by atoms with Crippen LogP contribution in [0.3, 0.4) is 0 Å². The van der Waals surface area contributed by atoms with E-state index < -0.39 is 5.60 Å². The minimum Gasteiger partial charge on any atom is -0.496 e. The number of carbonyl (C=O) groups is 2. The number of oxime groups is 1. The van der Waals surface area contributed by atoms with Gasteiger partial charge in [0.1, 0.15) is 5.75 Å². The highest BCUT2D eigenvalue weighted by atomic mass is 32.1. The third kappa shape index (κ3) is 6.59. The fraction of sp³-hybridized carbons (Fsp3) is 0.227. The van der Waals surface area contributed by atoms with Crippen LogP contribution in [0, 0.1) is 0 Å². The second-order valence-electron chi connectivity index (χ2n) is 6.93. The Hall–Kier alpha value is -3.30. The van der Waals surface area contributed by atoms with Crippen LogP contribution in [0.1, 0.15) is 31.9 Å². The number of allylic oxidation sites excluding steroid dienone is 1. The number of ketones is 1. The van der Waals surface area contributed by atoms with Gasteiger partial charge in [-0.2, -0.15) is 0 Å². The third-order valence-corrected chi connectivity index (χ3v) is 4.22. The summed E-state index contributed by atoms with van der Waals surface area (Å²) in [6.45, 7) is 5.27. The molecule has 0 saturated heterocycles. The van der Waals surface area contributed by atoms with Crippen LogP contribution in [0.4, 0.5) is 0 Å². The molecule has 1 aliphatic rings. The Bertz CT molecular complexity index is 966. The predicted molar refractivity (Wildman–Crippen MR) is 126 cm³/mol. The summed E-state index contributed by atoms with van der Waals surface area (Å²) in [6, 6.07) is 13.5. The van der Waals surface area contributed by atoms with E-state index in [0.717, 1.165) is 28.1 Å². The number of nitrogens with two attached hydrogens (primary N) is 3. The summed E-state index contributed by atoms with van der Waals surface area (Å²) in [7, 11) is 1.62. The summed E-state index contributed by atoms with van der Waals surface area (Å²) in [6.07, 6.45) is 2.16. The number of nitrogens with zero attached hydrogens (tertiary/aromatic N) is 1. The number of amides is 1. The molecule has 1 aliphatic heterocycles. The molecule has 0 aromatic heterocycles. The first-order valence-corrected chi connectivity index (χ1v) is 9.70. The van der Waals surface area contributed by atoms with Crippen LogP contribution in [-0.4, -0.2) is 30.6 Å². The van der Waals surface area contributed by atoms with Crippen LogP contribution in [0.25, 0.3) is 17.2 Å². The van der Waals surface area contributed by atoms with Crippen LogP contribution >= 0.6 is 12.8 Å². The van der Waals surface area contributed by atoms with Crippen LogP contribution < -0.4 is 21.3 Å². The lowest BCUT2D eigenvalue weighted by Crippen LogP contribution is -2.33. The number of benzene rings is 2. The van der Waals surface area contributed by atoms with E-state index in [2.05, 4.69) is 28.8 Å². The van der Waals surface area contributed by atoms with Crippen LogP contribution in [0.2, 0.25) is 0 Å². The number of thiol groups is 1. The average molecular weight is 445 g/mol. The van der Waals surface area contributed by atoms with Gasteiger partial charge in [-0.05, 0) is 56.2 Å². The van der Waals surface area contributed by atoms with Crippen molar-refractivity contribution in [2.24, 2.45) is 21.8 Å². The zero-order valence-corrected chi connectivity index (χ0v) is 18.9. The second kappa shape index (κ2) is 11.8. The van der Waals surface area contributed by atoms with Gasteiger partial charge in [-0.15, -0.1) is 12.8 Å². The summed E-state index contributed by atoms with van der Waals surface area (Å²) >= 11 is 3.03. The molecule has 2 aromatic carbocycles. The Morgan fingerprint density at radius 1 is 1.13 bits per heavy atom. The normalized spacial score (nSPS) is 14.2. The third-order valence-electron chi connectivity index (χ3n) is 4.22. The van der Waals surface area contributed by atoms with E-state index in [1.54, 1.807) is 21.0 Å². The lowest BCUT2D eigenvalue weighted by molar-refractivity contribution is -0.128. The first-order chi connectivity index (χ1) is 14.7. The molecule has 0 spiro atoms. The van der Waals surface area contributed by atoms with E-state index in [0.29, 0.717) is 11.3 Å². The topological polar surface area (TPSA) is 143 Å². The molecule has 6 N–H and O–H groups in total. The van der Waals surface area contributed by atoms with Gasteiger partial charge in [-0.25, -0.2) is 0 Å². The summed E-state index contributed by atoms with van der Waals surface area (Å²) in [5.41, 5.74) is 13.6. The van der Waals surface area contributed by atoms with Gasteiger partial charge in [-0.3, -0.25) is 14.7 Å². The summed E-state index contributed by atoms with van der Waals surface area (Å²) in [5, 5.41) is 8.18. The number of hydrogen-bond acceptors (Lipinski definition) is 8. The molecule has 0 saturated carbocycles. The number of Topliss-reactive ketones (excluding diaryl/α,β-unsaturated/α-hetero) is 1. The van der Waals surface area contributed by atoms with E-state index in [1.807, 2.05) is 55.5 Å². The van der Waals surface area contributed by atoms with Crippen LogP contribution in [0.5, 0.6) is 5.75 Å². The first kappa shape index (κ1) is 25.7. The Morgan fingerprint density at radius 2 is 1.68 bits per heavy atom. The highest BCUT2D eigenvalue weighted by Gasteiger charge is 2.40. The van der Waals surface area contributed by atoms with Gasteiger partial charge in [0.05, 0.1) is 7.11 Å². The number of hydrogen-bond donors (Lipinski definition) is 4. The maximum Gasteiger partial charge on any atom is 0.230 e. The van der Waals surface area contributed by atoms with E-state index >= 15 is 0 Å². The van der Waals surface area contributed by atoms with Gasteiger partial charge in [0.2, 0.25) is 12.2 Å². The first-order valence-electron chi connectivity index (χ1n) is 9.18. The highest BCUT2D eigenvalue weighted by Crippen LogP contribution is 2.33. The number of rotatable bonds is 4. The Kier molecular flexibility index (Phi) is 9.78. The van der Waals surface area contributed by atoms with Gasteiger partial charge in [0, 0.05) is 16.8 Å². The molecule has 0 atom stereocenters. The molecule has 1 heterocycles. The van der Waals surface area contributed by atoms with E-state index in [1.165, 1.54) is 0 Å². The molecule has 31 heavy (non-hydrogen) atoms. The number of methoxy groups -OCH3 is 1. The molecule has 1 amide bonds.